The lowest BCUT2D eigenvalue weighted by Gasteiger charge is -2.32. The molecule has 12 heavy (non-hydrogen) atoms. The summed E-state index contributed by atoms with van der Waals surface area (Å²) in [7, 11) is 0. The smallest absolute Gasteiger partial charge is 0.163 e. The molecule has 0 aliphatic carbocycles. The van der Waals surface area contributed by atoms with Crippen LogP contribution in [0.15, 0.2) is 0 Å². The van der Waals surface area contributed by atoms with Crippen LogP contribution >= 0.6 is 23.5 Å². The van der Waals surface area contributed by atoms with Crippen molar-refractivity contribution in [1.82, 2.24) is 0 Å². The Morgan fingerprint density at radius 2 is 2.00 bits per heavy atom. The van der Waals surface area contributed by atoms with Gasteiger partial charge in [0.25, 0.3) is 0 Å². The maximum Gasteiger partial charge on any atom is 0.163 e. The van der Waals surface area contributed by atoms with Gasteiger partial charge in [0, 0.05) is 0 Å². The quantitative estimate of drug-likeness (QED) is 0.743. The Balaban J connectivity index is 2.59. The number of thioether (sulfide) groups is 2. The van der Waals surface area contributed by atoms with Crippen molar-refractivity contribution < 1.29 is 9.90 Å². The average molecular weight is 206 g/mol. The molecule has 0 aromatic carbocycles. The van der Waals surface area contributed by atoms with Crippen LogP contribution in [-0.4, -0.2) is 32.6 Å². The monoisotopic (exact) mass is 206 g/mol. The number of rotatable bonds is 2. The fourth-order valence-electron chi connectivity index (χ4n) is 0.978. The van der Waals surface area contributed by atoms with Gasteiger partial charge in [-0.2, -0.15) is 0 Å². The van der Waals surface area contributed by atoms with Gasteiger partial charge in [-0.1, -0.05) is 0 Å². The standard InChI is InChI=1S/C8H14O2S2/c1-6(9)8(2,10)7-11-4-3-5-12-7/h7,10H,3-5H2,1-2H3/t8-/m0/s1. The van der Waals surface area contributed by atoms with Crippen molar-refractivity contribution in [3.05, 3.63) is 0 Å². The zero-order valence-electron chi connectivity index (χ0n) is 7.37. The van der Waals surface area contributed by atoms with Crippen LogP contribution < -0.4 is 0 Å². The Morgan fingerprint density at radius 3 is 2.42 bits per heavy atom. The molecule has 0 amide bonds. The normalized spacial score (nSPS) is 24.9. The molecule has 1 N–H and O–H groups in total. The van der Waals surface area contributed by atoms with E-state index in [0.29, 0.717) is 0 Å². The van der Waals surface area contributed by atoms with E-state index < -0.39 is 5.60 Å². The van der Waals surface area contributed by atoms with Gasteiger partial charge in [-0.3, -0.25) is 4.79 Å². The van der Waals surface area contributed by atoms with E-state index in [1.807, 2.05) is 0 Å². The summed E-state index contributed by atoms with van der Waals surface area (Å²) in [5, 5.41) is 9.83. The number of hydrogen-bond donors (Lipinski definition) is 1. The summed E-state index contributed by atoms with van der Waals surface area (Å²) < 4.78 is 0.0312. The third-order valence-corrected chi connectivity index (χ3v) is 5.39. The minimum atomic E-state index is -1.14. The summed E-state index contributed by atoms with van der Waals surface area (Å²) in [6.45, 7) is 3.07. The van der Waals surface area contributed by atoms with Gasteiger partial charge in [-0.15, -0.1) is 23.5 Å². The minimum Gasteiger partial charge on any atom is -0.380 e. The number of hydrogen-bond acceptors (Lipinski definition) is 4. The van der Waals surface area contributed by atoms with Crippen molar-refractivity contribution in [2.24, 2.45) is 0 Å². The number of Topliss-reactive ketones (excluding diaryl/α,β-unsaturated/α-hetero) is 1. The number of ketones is 1. The molecule has 0 bridgehead atoms. The SMILES string of the molecule is CC(=O)[C@](C)(O)C1SCCCS1. The first-order valence-electron chi connectivity index (χ1n) is 4.02. The van der Waals surface area contributed by atoms with E-state index in [9.17, 15) is 9.90 Å². The summed E-state index contributed by atoms with van der Waals surface area (Å²) in [6.07, 6.45) is 1.18. The van der Waals surface area contributed by atoms with Crippen LogP contribution in [0.5, 0.6) is 0 Å². The second-order valence-electron chi connectivity index (χ2n) is 3.13. The Kier molecular flexibility index (Phi) is 3.49. The van der Waals surface area contributed by atoms with Gasteiger partial charge in [0.05, 0.1) is 4.58 Å². The third kappa shape index (κ3) is 2.18. The van der Waals surface area contributed by atoms with E-state index in [2.05, 4.69) is 0 Å². The predicted octanol–water partition coefficient (Wildman–Crippen LogP) is 1.52. The Morgan fingerprint density at radius 1 is 1.50 bits per heavy atom. The fraction of sp³-hybridized carbons (Fsp3) is 0.875. The second kappa shape index (κ2) is 4.03. The summed E-state index contributed by atoms with van der Waals surface area (Å²) >= 11 is 3.38. The van der Waals surface area contributed by atoms with Crippen molar-refractivity contribution in [1.29, 1.82) is 0 Å². The van der Waals surface area contributed by atoms with Crippen molar-refractivity contribution >= 4 is 29.3 Å². The van der Waals surface area contributed by atoms with Crippen molar-refractivity contribution in [2.45, 2.75) is 30.5 Å². The van der Waals surface area contributed by atoms with E-state index >= 15 is 0 Å². The van der Waals surface area contributed by atoms with E-state index in [1.54, 1.807) is 30.4 Å². The first kappa shape index (κ1) is 10.4. The summed E-state index contributed by atoms with van der Waals surface area (Å²) in [6, 6.07) is 0. The predicted molar refractivity (Wildman–Crippen MR) is 54.6 cm³/mol. The minimum absolute atomic E-state index is 0.0312. The molecule has 1 rings (SSSR count). The molecule has 2 nitrogen and oxygen atoms in total. The molecule has 1 saturated heterocycles. The molecule has 70 valence electrons. The van der Waals surface area contributed by atoms with Gasteiger partial charge in [-0.05, 0) is 31.8 Å². The maximum atomic E-state index is 11.1. The highest BCUT2D eigenvalue weighted by Gasteiger charge is 2.38. The Bertz CT molecular complexity index is 174. The van der Waals surface area contributed by atoms with Crippen molar-refractivity contribution in [3.8, 4) is 0 Å². The molecule has 4 heteroatoms. The molecule has 1 atom stereocenters. The summed E-state index contributed by atoms with van der Waals surface area (Å²) in [5.74, 6) is 1.98. The number of aliphatic hydroxyl groups is 1. The molecule has 0 spiro atoms. The van der Waals surface area contributed by atoms with Crippen molar-refractivity contribution in [2.75, 3.05) is 11.5 Å². The maximum absolute atomic E-state index is 11.1. The summed E-state index contributed by atoms with van der Waals surface area (Å²) in [5.41, 5.74) is -1.14. The van der Waals surface area contributed by atoms with Crippen LogP contribution in [0.2, 0.25) is 0 Å². The van der Waals surface area contributed by atoms with Gasteiger partial charge in [-0.25, -0.2) is 0 Å². The van der Waals surface area contributed by atoms with E-state index in [4.69, 9.17) is 0 Å². The van der Waals surface area contributed by atoms with E-state index in [1.165, 1.54) is 13.3 Å². The molecule has 1 aliphatic heterocycles. The zero-order chi connectivity index (χ0) is 9.19. The Hall–Kier alpha value is 0.330. The highest BCUT2D eigenvalue weighted by molar-refractivity contribution is 8.17. The van der Waals surface area contributed by atoms with Gasteiger partial charge in [0.2, 0.25) is 0 Å². The van der Waals surface area contributed by atoms with E-state index in [-0.39, 0.29) is 10.4 Å². The molecule has 0 radical (unpaired) electrons. The topological polar surface area (TPSA) is 37.3 Å². The summed E-state index contributed by atoms with van der Waals surface area (Å²) in [4.78, 5) is 11.1. The first-order chi connectivity index (χ1) is 5.55. The number of carbonyl (C=O) groups is 1. The molecule has 1 fully saturated rings. The van der Waals surface area contributed by atoms with Gasteiger partial charge in [0.15, 0.2) is 5.78 Å². The fourth-order valence-corrected chi connectivity index (χ4v) is 4.15. The highest BCUT2D eigenvalue weighted by atomic mass is 32.2. The van der Waals surface area contributed by atoms with Crippen LogP contribution in [0.25, 0.3) is 0 Å². The highest BCUT2D eigenvalue weighted by Crippen LogP contribution is 2.38. The molecular weight excluding hydrogens is 192 g/mol. The lowest BCUT2D eigenvalue weighted by atomic mass is 10.1. The van der Waals surface area contributed by atoms with Crippen LogP contribution in [0.1, 0.15) is 20.3 Å². The molecule has 1 aliphatic rings. The van der Waals surface area contributed by atoms with Gasteiger partial charge < -0.3 is 5.11 Å². The second-order valence-corrected chi connectivity index (χ2v) is 5.86. The van der Waals surface area contributed by atoms with Gasteiger partial charge in [0.1, 0.15) is 5.60 Å². The number of carbonyl (C=O) groups excluding carboxylic acids is 1. The molecule has 1 heterocycles. The van der Waals surface area contributed by atoms with Crippen LogP contribution in [0.3, 0.4) is 0 Å². The molecular formula is C8H14O2S2. The molecule has 0 aromatic rings. The third-order valence-electron chi connectivity index (χ3n) is 2.00. The first-order valence-corrected chi connectivity index (χ1v) is 6.11. The van der Waals surface area contributed by atoms with Crippen LogP contribution in [-0.2, 0) is 4.79 Å². The van der Waals surface area contributed by atoms with Gasteiger partial charge >= 0.3 is 0 Å². The molecule has 0 saturated carbocycles. The van der Waals surface area contributed by atoms with Crippen molar-refractivity contribution in [3.63, 3.8) is 0 Å². The largest absolute Gasteiger partial charge is 0.380 e. The Labute approximate surface area is 81.5 Å². The van der Waals surface area contributed by atoms with Crippen LogP contribution in [0, 0.1) is 0 Å². The van der Waals surface area contributed by atoms with E-state index in [0.717, 1.165) is 11.5 Å². The average Bonchev–Trinajstić information content (AvgIpc) is 2.06. The zero-order valence-corrected chi connectivity index (χ0v) is 9.00. The molecule has 0 aromatic heterocycles. The lowest BCUT2D eigenvalue weighted by molar-refractivity contribution is -0.131. The lowest BCUT2D eigenvalue weighted by Crippen LogP contribution is -2.43. The van der Waals surface area contributed by atoms with Crippen LogP contribution in [0.4, 0.5) is 0 Å². The molecule has 0 unspecified atom stereocenters.